The highest BCUT2D eigenvalue weighted by Gasteiger charge is 2.56. The molecule has 1 spiro atoms. The van der Waals surface area contributed by atoms with Crippen molar-refractivity contribution in [3.8, 4) is 0 Å². The number of rotatable bonds is 5. The lowest BCUT2D eigenvalue weighted by molar-refractivity contribution is -0.139. The van der Waals surface area contributed by atoms with Crippen LogP contribution in [0.1, 0.15) is 55.4 Å². The highest BCUT2D eigenvalue weighted by Crippen LogP contribution is 2.53. The van der Waals surface area contributed by atoms with Gasteiger partial charge in [-0.1, -0.05) is 36.4 Å². The number of nitrogens with zero attached hydrogens (tertiary/aromatic N) is 2. The monoisotopic (exact) mass is 422 g/mol. The normalized spacial score (nSPS) is 31.5. The molecular weight excluding hydrogens is 388 g/mol. The second kappa shape index (κ2) is 8.47. The van der Waals surface area contributed by atoms with Crippen molar-refractivity contribution in [2.24, 2.45) is 11.8 Å². The van der Waals surface area contributed by atoms with E-state index in [4.69, 9.17) is 0 Å². The van der Waals surface area contributed by atoms with Gasteiger partial charge in [-0.25, -0.2) is 0 Å². The molecule has 3 aliphatic rings. The van der Waals surface area contributed by atoms with Crippen molar-refractivity contribution in [1.29, 1.82) is 0 Å². The number of thiophene rings is 1. The molecule has 30 heavy (non-hydrogen) atoms. The second-order valence-corrected chi connectivity index (χ2v) is 10.7. The van der Waals surface area contributed by atoms with Gasteiger partial charge in [-0.15, -0.1) is 11.3 Å². The third-order valence-corrected chi connectivity index (χ3v) is 9.04. The van der Waals surface area contributed by atoms with E-state index in [1.807, 2.05) is 11.3 Å². The van der Waals surface area contributed by atoms with Crippen LogP contribution >= 0.6 is 11.3 Å². The van der Waals surface area contributed by atoms with Gasteiger partial charge >= 0.3 is 0 Å². The molecule has 2 aromatic rings. The van der Waals surface area contributed by atoms with E-state index in [2.05, 4.69) is 64.7 Å². The van der Waals surface area contributed by atoms with Gasteiger partial charge in [-0.3, -0.25) is 9.69 Å². The summed E-state index contributed by atoms with van der Waals surface area (Å²) in [6, 6.07) is 16.1. The molecule has 3 heterocycles. The Kier molecular flexibility index (Phi) is 5.72. The molecule has 2 aliphatic heterocycles. The first kappa shape index (κ1) is 20.3. The molecule has 160 valence electrons. The predicted octanol–water partition coefficient (Wildman–Crippen LogP) is 5.36. The summed E-state index contributed by atoms with van der Waals surface area (Å²) in [5.41, 5.74) is 1.59. The Morgan fingerprint density at radius 2 is 1.97 bits per heavy atom. The van der Waals surface area contributed by atoms with Crippen molar-refractivity contribution >= 4 is 17.2 Å². The van der Waals surface area contributed by atoms with E-state index in [0.717, 1.165) is 32.4 Å². The quantitative estimate of drug-likeness (QED) is 0.647. The van der Waals surface area contributed by atoms with Crippen LogP contribution in [-0.2, 0) is 17.8 Å². The molecule has 0 N–H and O–H groups in total. The van der Waals surface area contributed by atoms with Crippen molar-refractivity contribution < 1.29 is 4.79 Å². The van der Waals surface area contributed by atoms with E-state index in [9.17, 15) is 4.79 Å². The number of hydrogen-bond donors (Lipinski definition) is 0. The van der Waals surface area contributed by atoms with Gasteiger partial charge in [0.15, 0.2) is 0 Å². The van der Waals surface area contributed by atoms with Crippen LogP contribution < -0.4 is 0 Å². The molecule has 2 saturated heterocycles. The minimum Gasteiger partial charge on any atom is -0.337 e. The maximum absolute atomic E-state index is 13.0. The Morgan fingerprint density at radius 3 is 2.77 bits per heavy atom. The molecule has 1 aromatic heterocycles. The molecule has 1 saturated carbocycles. The number of carbonyl (C=O) groups excluding carboxylic acids is 1. The molecule has 3 nitrogen and oxygen atoms in total. The van der Waals surface area contributed by atoms with Gasteiger partial charge < -0.3 is 4.90 Å². The summed E-state index contributed by atoms with van der Waals surface area (Å²) in [7, 11) is 2.33. The SMILES string of the molecule is CN(Cc1cccs1)[C@@H]1CC[C@@]23CCCN2C(=O)CCC[C@H]3[C@H]1Cc1ccccc1. The summed E-state index contributed by atoms with van der Waals surface area (Å²) in [5.74, 6) is 1.66. The average Bonchev–Trinajstić information content (AvgIpc) is 3.39. The lowest BCUT2D eigenvalue weighted by atomic mass is 9.60. The molecular formula is C26H34N2OS. The van der Waals surface area contributed by atoms with Gasteiger partial charge in [0.05, 0.1) is 0 Å². The van der Waals surface area contributed by atoms with E-state index in [0.29, 0.717) is 23.8 Å². The van der Waals surface area contributed by atoms with Crippen molar-refractivity contribution in [2.45, 2.75) is 69.5 Å². The van der Waals surface area contributed by atoms with Gasteiger partial charge in [-0.05, 0) is 80.8 Å². The van der Waals surface area contributed by atoms with Gasteiger partial charge in [0, 0.05) is 36.0 Å². The molecule has 1 aromatic carbocycles. The van der Waals surface area contributed by atoms with Crippen molar-refractivity contribution in [1.82, 2.24) is 9.80 Å². The van der Waals surface area contributed by atoms with Crippen molar-refractivity contribution in [3.63, 3.8) is 0 Å². The fraction of sp³-hybridized carbons (Fsp3) is 0.577. The first-order valence-electron chi connectivity index (χ1n) is 11.7. The summed E-state index contributed by atoms with van der Waals surface area (Å²) < 4.78 is 0. The number of carbonyl (C=O) groups is 1. The van der Waals surface area contributed by atoms with Gasteiger partial charge in [0.2, 0.25) is 5.91 Å². The van der Waals surface area contributed by atoms with Gasteiger partial charge in [-0.2, -0.15) is 0 Å². The summed E-state index contributed by atoms with van der Waals surface area (Å²) in [4.78, 5) is 19.4. The Hall–Kier alpha value is -1.65. The topological polar surface area (TPSA) is 23.6 Å². The molecule has 1 aliphatic carbocycles. The summed E-state index contributed by atoms with van der Waals surface area (Å²) in [5, 5.41) is 2.19. The fourth-order valence-corrected chi connectivity index (χ4v) is 7.72. The predicted molar refractivity (Wildman–Crippen MR) is 123 cm³/mol. The zero-order valence-electron chi connectivity index (χ0n) is 18.1. The number of hydrogen-bond acceptors (Lipinski definition) is 3. The van der Waals surface area contributed by atoms with Crippen molar-refractivity contribution in [3.05, 3.63) is 58.3 Å². The number of amides is 1. The minimum atomic E-state index is 0.132. The van der Waals surface area contributed by atoms with Crippen molar-refractivity contribution in [2.75, 3.05) is 13.6 Å². The Morgan fingerprint density at radius 1 is 1.10 bits per heavy atom. The maximum Gasteiger partial charge on any atom is 0.223 e. The maximum atomic E-state index is 13.0. The van der Waals surface area contributed by atoms with E-state index < -0.39 is 0 Å². The van der Waals surface area contributed by atoms with Crippen LogP contribution in [0.5, 0.6) is 0 Å². The second-order valence-electron chi connectivity index (χ2n) is 9.71. The lowest BCUT2D eigenvalue weighted by Crippen LogP contribution is -2.60. The molecule has 0 bridgehead atoms. The zero-order chi connectivity index (χ0) is 20.6. The largest absolute Gasteiger partial charge is 0.337 e. The van der Waals surface area contributed by atoms with Crippen LogP contribution in [-0.4, -0.2) is 40.9 Å². The van der Waals surface area contributed by atoms with Crippen LogP contribution in [0.4, 0.5) is 0 Å². The zero-order valence-corrected chi connectivity index (χ0v) is 18.9. The Bertz CT molecular complexity index is 851. The fourth-order valence-electron chi connectivity index (χ4n) is 6.95. The summed E-state index contributed by atoms with van der Waals surface area (Å²) in [6.07, 6.45) is 8.97. The highest BCUT2D eigenvalue weighted by atomic mass is 32.1. The first-order valence-corrected chi connectivity index (χ1v) is 12.6. The minimum absolute atomic E-state index is 0.132. The average molecular weight is 423 g/mol. The first-order chi connectivity index (χ1) is 14.7. The standard InChI is InChI=1S/C26H34N2OS/c1-27(19-21-10-6-17-30-21)24-13-15-26-14-7-16-28(26)25(29)12-5-11-23(26)22(24)18-20-8-3-2-4-9-20/h2-4,6,8-10,17,22-24H,5,7,11-16,18-19H2,1H3/t22-,23+,24-,26-/m1/s1. The Labute approximate surface area is 185 Å². The lowest BCUT2D eigenvalue weighted by Gasteiger charge is -2.54. The van der Waals surface area contributed by atoms with Gasteiger partial charge in [0.25, 0.3) is 0 Å². The molecule has 4 heteroatoms. The third-order valence-electron chi connectivity index (χ3n) is 8.18. The van der Waals surface area contributed by atoms with Gasteiger partial charge in [0.1, 0.15) is 0 Å². The third kappa shape index (κ3) is 3.62. The van der Waals surface area contributed by atoms with Crippen LogP contribution in [0.15, 0.2) is 47.8 Å². The van der Waals surface area contributed by atoms with E-state index in [1.54, 1.807) is 0 Å². The molecule has 0 radical (unpaired) electrons. The van der Waals surface area contributed by atoms with Crippen LogP contribution in [0.2, 0.25) is 0 Å². The van der Waals surface area contributed by atoms with Crippen LogP contribution in [0.3, 0.4) is 0 Å². The Balaban J connectivity index is 1.48. The van der Waals surface area contributed by atoms with E-state index in [-0.39, 0.29) is 5.54 Å². The molecule has 3 fully saturated rings. The van der Waals surface area contributed by atoms with E-state index >= 15 is 0 Å². The molecule has 4 atom stereocenters. The smallest absolute Gasteiger partial charge is 0.223 e. The highest BCUT2D eigenvalue weighted by molar-refractivity contribution is 7.09. The molecule has 1 amide bonds. The summed E-state index contributed by atoms with van der Waals surface area (Å²) in [6.45, 7) is 2.03. The van der Waals surface area contributed by atoms with Crippen LogP contribution in [0.25, 0.3) is 0 Å². The number of benzene rings is 1. The molecule has 5 rings (SSSR count). The van der Waals surface area contributed by atoms with Crippen LogP contribution in [0, 0.1) is 11.8 Å². The van der Waals surface area contributed by atoms with E-state index in [1.165, 1.54) is 42.5 Å². The molecule has 0 unspecified atom stereocenters. The summed E-state index contributed by atoms with van der Waals surface area (Å²) >= 11 is 1.87.